The lowest BCUT2D eigenvalue weighted by Gasteiger charge is -2.44. The van der Waals surface area contributed by atoms with Crippen molar-refractivity contribution < 1.29 is 75.1 Å². The molecule has 0 bridgehead atoms. The fourth-order valence-corrected chi connectivity index (χ4v) is 4.51. The van der Waals surface area contributed by atoms with Gasteiger partial charge in [0.2, 0.25) is 5.79 Å². The van der Waals surface area contributed by atoms with Crippen molar-refractivity contribution in [1.29, 1.82) is 0 Å². The zero-order valence-corrected chi connectivity index (χ0v) is 18.1. The van der Waals surface area contributed by atoms with Gasteiger partial charge in [-0.25, -0.2) is 0 Å². The molecule has 0 aromatic rings. The van der Waals surface area contributed by atoms with Crippen molar-refractivity contribution in [2.45, 2.75) is 85.6 Å². The van der Waals surface area contributed by atoms with Crippen molar-refractivity contribution in [3.05, 3.63) is 0 Å². The average molecular weight is 502 g/mol. The maximum atomic E-state index is 10.4. The van der Waals surface area contributed by atoms with E-state index in [1.807, 2.05) is 0 Å². The summed E-state index contributed by atoms with van der Waals surface area (Å²) < 4.78 is 21.5. The molecule has 0 aromatic carbocycles. The molecule has 14 atom stereocenters. The first-order valence-corrected chi connectivity index (χ1v) is 10.9. The van der Waals surface area contributed by atoms with Gasteiger partial charge in [0.25, 0.3) is 0 Å². The van der Waals surface area contributed by atoms with Crippen LogP contribution in [0.5, 0.6) is 0 Å². The minimum Gasteiger partial charge on any atom is -0.394 e. The summed E-state index contributed by atoms with van der Waals surface area (Å²) in [5.74, 6) is -3.20. The molecule has 1 aliphatic carbocycles. The first-order chi connectivity index (χ1) is 16.0. The van der Waals surface area contributed by atoms with Gasteiger partial charge in [-0.1, -0.05) is 0 Å². The van der Waals surface area contributed by atoms with Gasteiger partial charge < -0.3 is 75.1 Å². The van der Waals surface area contributed by atoms with Gasteiger partial charge in [0.15, 0.2) is 6.29 Å². The predicted molar refractivity (Wildman–Crippen MR) is 105 cm³/mol. The standard InChI is InChI=1S/C19H34O15/c20-2-8-12(25)15(28)16(29)18(32-8)31-4-6-1-7(11(24)14(27)10(6)23)33-19(5-22)17(30)13(26)9(3-21)34-19/h6-18,20-30H,1-5H2/t6-,7?,8-,9-,10-,11+,12+,13-,14+,15+,16-,17+,18?,19-/m1/s1. The predicted octanol–water partition coefficient (Wildman–Crippen LogP) is -6.91. The van der Waals surface area contributed by atoms with Gasteiger partial charge in [-0.05, 0) is 6.42 Å². The quantitative estimate of drug-likeness (QED) is 0.147. The van der Waals surface area contributed by atoms with E-state index in [4.69, 9.17) is 18.9 Å². The van der Waals surface area contributed by atoms with E-state index in [9.17, 15) is 56.2 Å². The molecular formula is C19H34O15. The molecule has 34 heavy (non-hydrogen) atoms. The van der Waals surface area contributed by atoms with E-state index in [-0.39, 0.29) is 6.42 Å². The summed E-state index contributed by atoms with van der Waals surface area (Å²) in [5.41, 5.74) is 0. The zero-order valence-electron chi connectivity index (χ0n) is 18.1. The van der Waals surface area contributed by atoms with Crippen molar-refractivity contribution in [3.8, 4) is 0 Å². The Bertz CT molecular complexity index is 653. The first kappa shape index (κ1) is 28.0. The molecule has 2 aliphatic heterocycles. The molecule has 0 amide bonds. The van der Waals surface area contributed by atoms with Crippen molar-refractivity contribution in [2.24, 2.45) is 5.92 Å². The third-order valence-corrected chi connectivity index (χ3v) is 6.68. The van der Waals surface area contributed by atoms with Crippen LogP contribution in [0.3, 0.4) is 0 Å². The van der Waals surface area contributed by atoms with Gasteiger partial charge in [-0.2, -0.15) is 0 Å². The van der Waals surface area contributed by atoms with Crippen LogP contribution in [0.2, 0.25) is 0 Å². The molecule has 3 rings (SSSR count). The molecule has 2 heterocycles. The lowest BCUT2D eigenvalue weighted by Crippen LogP contribution is -2.61. The first-order valence-electron chi connectivity index (χ1n) is 10.9. The van der Waals surface area contributed by atoms with E-state index < -0.39 is 112 Å². The van der Waals surface area contributed by atoms with Crippen LogP contribution in [-0.4, -0.2) is 162 Å². The molecule has 0 radical (unpaired) electrons. The van der Waals surface area contributed by atoms with Crippen molar-refractivity contribution >= 4 is 0 Å². The summed E-state index contributed by atoms with van der Waals surface area (Å²) in [6, 6.07) is 0. The summed E-state index contributed by atoms with van der Waals surface area (Å²) in [6.45, 7) is -2.77. The van der Waals surface area contributed by atoms with E-state index >= 15 is 0 Å². The van der Waals surface area contributed by atoms with E-state index in [0.29, 0.717) is 0 Å². The van der Waals surface area contributed by atoms with Crippen LogP contribution >= 0.6 is 0 Å². The summed E-state index contributed by atoms with van der Waals surface area (Å²) in [4.78, 5) is 0. The molecular weight excluding hydrogens is 468 g/mol. The van der Waals surface area contributed by atoms with Crippen LogP contribution in [0.4, 0.5) is 0 Å². The topological polar surface area (TPSA) is 259 Å². The molecule has 15 heteroatoms. The van der Waals surface area contributed by atoms with E-state index in [0.717, 1.165) is 0 Å². The Balaban J connectivity index is 1.69. The van der Waals surface area contributed by atoms with Gasteiger partial charge in [-0.15, -0.1) is 0 Å². The minimum atomic E-state index is -2.23. The summed E-state index contributed by atoms with van der Waals surface area (Å²) >= 11 is 0. The van der Waals surface area contributed by atoms with Crippen molar-refractivity contribution in [2.75, 3.05) is 26.4 Å². The fraction of sp³-hybridized carbons (Fsp3) is 1.00. The highest BCUT2D eigenvalue weighted by molar-refractivity contribution is 5.00. The number of hydrogen-bond acceptors (Lipinski definition) is 15. The van der Waals surface area contributed by atoms with Gasteiger partial charge in [-0.3, -0.25) is 0 Å². The third kappa shape index (κ3) is 5.10. The maximum absolute atomic E-state index is 10.4. The van der Waals surface area contributed by atoms with Gasteiger partial charge >= 0.3 is 0 Å². The molecule has 2 unspecified atom stereocenters. The Labute approximate surface area is 193 Å². The maximum Gasteiger partial charge on any atom is 0.221 e. The number of rotatable bonds is 8. The van der Waals surface area contributed by atoms with Gasteiger partial charge in [0.05, 0.1) is 32.0 Å². The second-order valence-electron chi connectivity index (χ2n) is 8.90. The van der Waals surface area contributed by atoms with Crippen molar-refractivity contribution in [1.82, 2.24) is 0 Å². The van der Waals surface area contributed by atoms with Crippen LogP contribution in [0.25, 0.3) is 0 Å². The molecule has 0 aromatic heterocycles. The Kier molecular flexibility index (Phi) is 9.22. The highest BCUT2D eigenvalue weighted by Crippen LogP contribution is 2.38. The number of aliphatic hydroxyl groups excluding tert-OH is 11. The lowest BCUT2D eigenvalue weighted by molar-refractivity contribution is -0.325. The SMILES string of the molecule is OC[C@H]1OC(OC[C@H]2CC(O[C@]3(CO)O[C@H](CO)[C@@H](O)[C@@H]3O)[C@H](O)[C@@H](O)[C@@H]2O)[C@H](O)[C@@H](O)[C@H]1O. The molecule has 2 saturated heterocycles. The summed E-state index contributed by atoms with van der Waals surface area (Å²) in [5, 5.41) is 110. The second-order valence-corrected chi connectivity index (χ2v) is 8.90. The zero-order chi connectivity index (χ0) is 25.4. The molecule has 15 nitrogen and oxygen atoms in total. The fourth-order valence-electron chi connectivity index (χ4n) is 4.51. The second kappa shape index (κ2) is 11.2. The third-order valence-electron chi connectivity index (χ3n) is 6.68. The molecule has 200 valence electrons. The molecule has 11 N–H and O–H groups in total. The van der Waals surface area contributed by atoms with Crippen LogP contribution in [-0.2, 0) is 18.9 Å². The Morgan fingerprint density at radius 2 is 1.32 bits per heavy atom. The van der Waals surface area contributed by atoms with E-state index in [1.54, 1.807) is 0 Å². The Hall–Kier alpha value is -0.600. The molecule has 3 fully saturated rings. The van der Waals surface area contributed by atoms with Gasteiger partial charge in [0.1, 0.15) is 61.5 Å². The number of aliphatic hydroxyl groups is 11. The van der Waals surface area contributed by atoms with Gasteiger partial charge in [0, 0.05) is 5.92 Å². The summed E-state index contributed by atoms with van der Waals surface area (Å²) in [6.07, 6.45) is -19.0. The Morgan fingerprint density at radius 1 is 0.706 bits per heavy atom. The smallest absolute Gasteiger partial charge is 0.221 e. The summed E-state index contributed by atoms with van der Waals surface area (Å²) in [7, 11) is 0. The monoisotopic (exact) mass is 502 g/mol. The normalized spacial score (nSPS) is 52.1. The lowest BCUT2D eigenvalue weighted by atomic mass is 9.81. The average Bonchev–Trinajstić information content (AvgIpc) is 3.08. The molecule has 0 spiro atoms. The van der Waals surface area contributed by atoms with Crippen molar-refractivity contribution in [3.63, 3.8) is 0 Å². The highest BCUT2D eigenvalue weighted by atomic mass is 16.7. The van der Waals surface area contributed by atoms with Crippen LogP contribution in [0, 0.1) is 5.92 Å². The minimum absolute atomic E-state index is 0.228. The molecule has 1 saturated carbocycles. The van der Waals surface area contributed by atoms with E-state index in [2.05, 4.69) is 0 Å². The highest BCUT2D eigenvalue weighted by Gasteiger charge is 2.58. The van der Waals surface area contributed by atoms with Crippen LogP contribution in [0.15, 0.2) is 0 Å². The van der Waals surface area contributed by atoms with Crippen LogP contribution < -0.4 is 0 Å². The largest absolute Gasteiger partial charge is 0.394 e. The van der Waals surface area contributed by atoms with E-state index in [1.165, 1.54) is 0 Å². The molecule has 3 aliphatic rings. The number of ether oxygens (including phenoxy) is 4. The number of hydrogen-bond donors (Lipinski definition) is 11. The van der Waals surface area contributed by atoms with Crippen LogP contribution in [0.1, 0.15) is 6.42 Å². The Morgan fingerprint density at radius 3 is 1.88 bits per heavy atom.